The number of hydrogen-bond donors (Lipinski definition) is 4. The fourth-order valence-corrected chi connectivity index (χ4v) is 14.8. The Morgan fingerprint density at radius 1 is 0.625 bits per heavy atom. The smallest absolute Gasteiger partial charge is 0.188 e. The van der Waals surface area contributed by atoms with E-state index in [1.807, 2.05) is 12.1 Å². The number of aliphatic hydroxyl groups is 4. The van der Waals surface area contributed by atoms with E-state index in [2.05, 4.69) is 21.9 Å². The molecule has 12 atom stereocenters. The average molecular weight is 771 g/mol. The van der Waals surface area contributed by atoms with Crippen molar-refractivity contribution in [2.75, 3.05) is 40.4 Å². The number of nitrogens with zero attached hydrogens (tertiary/aromatic N) is 2. The summed E-state index contributed by atoms with van der Waals surface area (Å²) in [4.78, 5) is 5.02. The van der Waals surface area contributed by atoms with Gasteiger partial charge in [0.05, 0.1) is 36.3 Å². The number of rotatable bonds is 6. The van der Waals surface area contributed by atoms with Crippen molar-refractivity contribution in [2.24, 2.45) is 11.8 Å². The fourth-order valence-electron chi connectivity index (χ4n) is 14.8. The van der Waals surface area contributed by atoms with Gasteiger partial charge in [-0.1, -0.05) is 12.1 Å². The number of likely N-dealkylation sites (tertiary alicyclic amines) is 2. The minimum atomic E-state index is -1.53. The number of ether oxygens (including phenoxy) is 6. The van der Waals surface area contributed by atoms with Crippen molar-refractivity contribution in [2.45, 2.75) is 147 Å². The van der Waals surface area contributed by atoms with Crippen molar-refractivity contribution in [3.05, 3.63) is 46.5 Å². The minimum absolute atomic E-state index is 0.111. The number of methoxy groups -OCH3 is 2. The van der Waals surface area contributed by atoms with Gasteiger partial charge < -0.3 is 48.8 Å². The molecule has 0 amide bonds. The van der Waals surface area contributed by atoms with Crippen molar-refractivity contribution in [1.29, 1.82) is 0 Å². The molecule has 12 nitrogen and oxygen atoms in total. The number of benzene rings is 2. The molecule has 56 heavy (non-hydrogen) atoms. The van der Waals surface area contributed by atoms with Gasteiger partial charge in [0.15, 0.2) is 46.8 Å². The molecule has 4 unspecified atom stereocenters. The van der Waals surface area contributed by atoms with Gasteiger partial charge in [-0.15, -0.1) is 0 Å². The van der Waals surface area contributed by atoms with Gasteiger partial charge >= 0.3 is 0 Å². The average Bonchev–Trinajstić information content (AvgIpc) is 4.12. The Balaban J connectivity index is 0.916. The first-order chi connectivity index (χ1) is 27.1. The molecule has 12 heteroatoms. The van der Waals surface area contributed by atoms with E-state index >= 15 is 0 Å². The Morgan fingerprint density at radius 2 is 1.05 bits per heavy atom. The molecular weight excluding hydrogens is 716 g/mol. The molecule has 13 rings (SSSR count). The fraction of sp³-hybridized carbons (Fsp3) is 0.727. The Labute approximate surface area is 326 Å². The molecule has 4 N–H and O–H groups in total. The van der Waals surface area contributed by atoms with E-state index in [1.165, 1.54) is 25.7 Å². The summed E-state index contributed by atoms with van der Waals surface area (Å²) in [5.41, 5.74) is -2.99. The second-order valence-electron chi connectivity index (χ2n) is 19.7. The van der Waals surface area contributed by atoms with Crippen molar-refractivity contribution < 1.29 is 48.8 Å². The first kappa shape index (κ1) is 34.2. The monoisotopic (exact) mass is 770 g/mol. The van der Waals surface area contributed by atoms with Gasteiger partial charge in [-0.3, -0.25) is 9.80 Å². The number of piperidine rings is 2. The Morgan fingerprint density at radius 3 is 1.45 bits per heavy atom. The van der Waals surface area contributed by atoms with E-state index in [9.17, 15) is 20.4 Å². The number of hydrogen-bond acceptors (Lipinski definition) is 12. The lowest BCUT2D eigenvalue weighted by molar-refractivity contribution is -0.451. The predicted molar refractivity (Wildman–Crippen MR) is 199 cm³/mol. The highest BCUT2D eigenvalue weighted by molar-refractivity contribution is 5.65. The summed E-state index contributed by atoms with van der Waals surface area (Å²) in [6.45, 7) is 3.53. The van der Waals surface area contributed by atoms with Crippen LogP contribution in [0.1, 0.15) is 86.5 Å². The van der Waals surface area contributed by atoms with Gasteiger partial charge in [-0.05, 0) is 125 Å². The van der Waals surface area contributed by atoms with E-state index in [0.717, 1.165) is 48.4 Å². The molecule has 0 radical (unpaired) electrons. The molecule has 3 saturated heterocycles. The van der Waals surface area contributed by atoms with Crippen LogP contribution in [-0.2, 0) is 33.1 Å². The molecule has 2 aromatic rings. The molecule has 5 heterocycles. The first-order valence-corrected chi connectivity index (χ1v) is 21.5. The molecule has 11 aliphatic rings. The van der Waals surface area contributed by atoms with Crippen LogP contribution in [0.4, 0.5) is 0 Å². The van der Waals surface area contributed by atoms with E-state index < -0.39 is 58.0 Å². The zero-order valence-corrected chi connectivity index (χ0v) is 32.4. The van der Waals surface area contributed by atoms with Crippen LogP contribution >= 0.6 is 0 Å². The minimum Gasteiger partial charge on any atom is -0.493 e. The second kappa shape index (κ2) is 10.7. The van der Waals surface area contributed by atoms with Gasteiger partial charge in [-0.2, -0.15) is 0 Å². The van der Waals surface area contributed by atoms with Gasteiger partial charge in [-0.25, -0.2) is 0 Å². The predicted octanol–water partition coefficient (Wildman–Crippen LogP) is 2.69. The van der Waals surface area contributed by atoms with Crippen LogP contribution in [0.2, 0.25) is 0 Å². The standard InChI is InChI=1S/C44H54N2O10/c1-51-27-9-7-25-19-29-43(49)13-11-41(35-39(43,31(25)33(27)53-35)15-17-45(29)21-23-3-4-23)37(47)56-42(38(48)55-41)12-14-44(50)30-20-26-8-10-28(52-2)34-32(26)40(44,36(42)54-34)16-18-46(30)22-24-5-6-24/h7-10,23-24,29-30,35-38,47-50H,3-6,11-22H2,1-2H3/t29-,30-,35-,36-,37?,38?,39+,40+,41?,42?,43-,44-/m1/s1. The lowest BCUT2D eigenvalue weighted by atomic mass is 9.45. The quantitative estimate of drug-likeness (QED) is 0.343. The Hall–Kier alpha value is -2.68. The normalized spacial score (nSPS) is 47.6. The second-order valence-corrected chi connectivity index (χ2v) is 19.7. The summed E-state index contributed by atoms with van der Waals surface area (Å²) in [5.74, 6) is 3.70. The summed E-state index contributed by atoms with van der Waals surface area (Å²) in [7, 11) is 3.26. The third-order valence-corrected chi connectivity index (χ3v) is 17.6. The summed E-state index contributed by atoms with van der Waals surface area (Å²) in [5, 5.41) is 52.1. The molecule has 4 saturated carbocycles. The van der Waals surface area contributed by atoms with E-state index in [4.69, 9.17) is 28.4 Å². The molecule has 6 aliphatic carbocycles. The summed E-state index contributed by atoms with van der Waals surface area (Å²) in [6, 6.07) is 7.91. The largest absolute Gasteiger partial charge is 0.493 e. The highest BCUT2D eigenvalue weighted by atomic mass is 16.7. The Kier molecular flexibility index (Phi) is 6.56. The van der Waals surface area contributed by atoms with Crippen LogP contribution in [0.3, 0.4) is 0 Å². The highest BCUT2D eigenvalue weighted by Crippen LogP contribution is 2.72. The van der Waals surface area contributed by atoms with E-state index in [0.29, 0.717) is 73.4 Å². The van der Waals surface area contributed by atoms with Gasteiger partial charge in [0, 0.05) is 36.3 Å². The van der Waals surface area contributed by atoms with E-state index in [1.54, 1.807) is 14.2 Å². The third-order valence-electron chi connectivity index (χ3n) is 17.6. The summed E-state index contributed by atoms with van der Waals surface area (Å²) >= 11 is 0. The highest BCUT2D eigenvalue weighted by Gasteiger charge is 2.83. The van der Waals surface area contributed by atoms with Crippen molar-refractivity contribution in [1.82, 2.24) is 9.80 Å². The number of aliphatic hydroxyl groups excluding tert-OH is 2. The third kappa shape index (κ3) is 3.70. The number of fused-ring (bicyclic) bond motifs is 2. The lowest BCUT2D eigenvalue weighted by Gasteiger charge is -2.70. The maximum absolute atomic E-state index is 13.3. The molecule has 7 fully saturated rings. The van der Waals surface area contributed by atoms with Crippen LogP contribution in [0.25, 0.3) is 0 Å². The van der Waals surface area contributed by atoms with Gasteiger partial charge in [0.25, 0.3) is 0 Å². The maximum Gasteiger partial charge on any atom is 0.188 e. The molecule has 300 valence electrons. The van der Waals surface area contributed by atoms with Crippen LogP contribution in [0.15, 0.2) is 24.3 Å². The van der Waals surface area contributed by atoms with Crippen LogP contribution in [-0.4, -0.2) is 130 Å². The topological polar surface area (TPSA) is 143 Å². The molecule has 0 aromatic heterocycles. The summed E-state index contributed by atoms with van der Waals surface area (Å²) < 4.78 is 40.0. The zero-order chi connectivity index (χ0) is 37.8. The maximum atomic E-state index is 13.3. The molecule has 2 aromatic carbocycles. The van der Waals surface area contributed by atoms with Crippen LogP contribution in [0.5, 0.6) is 23.0 Å². The van der Waals surface area contributed by atoms with Crippen molar-refractivity contribution >= 4 is 0 Å². The SMILES string of the molecule is COc1ccc2c3c1O[C@H]1C4(CC[C@@]5(O)[C@@H](C2)N(CC2CC2)CC[C@]315)OC(O)C1(CC[C@@]2(O)[C@H]3Cc5ccc(OC)c6c5[C@@]2(CCN3CC2CC2)[C@H]1O6)OC4O. The molecule has 4 bridgehead atoms. The van der Waals surface area contributed by atoms with E-state index in [-0.39, 0.29) is 24.9 Å². The first-order valence-electron chi connectivity index (χ1n) is 21.5. The molecular formula is C44H54N2O10. The van der Waals surface area contributed by atoms with Crippen molar-refractivity contribution in [3.63, 3.8) is 0 Å². The molecule has 5 aliphatic heterocycles. The lowest BCUT2D eigenvalue weighted by Crippen LogP contribution is -2.85. The zero-order valence-electron chi connectivity index (χ0n) is 32.4. The van der Waals surface area contributed by atoms with Gasteiger partial charge in [0.2, 0.25) is 0 Å². The Bertz CT molecular complexity index is 1920. The van der Waals surface area contributed by atoms with Gasteiger partial charge in [0.1, 0.15) is 12.2 Å². The van der Waals surface area contributed by atoms with Crippen LogP contribution in [0, 0.1) is 11.8 Å². The molecule has 4 spiro atoms. The summed E-state index contributed by atoms with van der Waals surface area (Å²) in [6.07, 6.45) is 3.95. The van der Waals surface area contributed by atoms with Crippen LogP contribution < -0.4 is 18.9 Å². The van der Waals surface area contributed by atoms with Crippen molar-refractivity contribution in [3.8, 4) is 23.0 Å².